The molecule has 4 nitrogen and oxygen atoms in total. The highest BCUT2D eigenvalue weighted by atomic mass is 15.3. The first-order valence-corrected chi connectivity index (χ1v) is 8.58. The Kier molecular flexibility index (Phi) is 4.10. The number of rotatable bonds is 5. The lowest BCUT2D eigenvalue weighted by molar-refractivity contribution is 0.0644. The van der Waals surface area contributed by atoms with E-state index in [1.807, 2.05) is 0 Å². The predicted molar refractivity (Wildman–Crippen MR) is 86.3 cm³/mol. The zero-order valence-corrected chi connectivity index (χ0v) is 14.0. The molecule has 118 valence electrons. The summed E-state index contributed by atoms with van der Waals surface area (Å²) >= 11 is 0. The molecule has 1 saturated carbocycles. The molecule has 1 aromatic rings. The first-order chi connectivity index (χ1) is 10.1. The van der Waals surface area contributed by atoms with E-state index in [0.29, 0.717) is 11.6 Å². The van der Waals surface area contributed by atoms with Crippen LogP contribution in [0, 0.1) is 12.8 Å². The molecule has 1 aliphatic carbocycles. The van der Waals surface area contributed by atoms with E-state index in [4.69, 9.17) is 0 Å². The Hall–Kier alpha value is -0.870. The van der Waals surface area contributed by atoms with Crippen molar-refractivity contribution in [1.29, 1.82) is 0 Å². The van der Waals surface area contributed by atoms with Gasteiger partial charge in [-0.15, -0.1) is 0 Å². The minimum Gasteiger partial charge on any atom is -0.308 e. The lowest BCUT2D eigenvalue weighted by Crippen LogP contribution is -2.63. The highest BCUT2D eigenvalue weighted by Gasteiger charge is 2.45. The third-order valence-corrected chi connectivity index (χ3v) is 5.39. The van der Waals surface area contributed by atoms with Gasteiger partial charge < -0.3 is 5.32 Å². The van der Waals surface area contributed by atoms with E-state index in [1.165, 1.54) is 31.5 Å². The molecule has 3 rings (SSSR count). The minimum absolute atomic E-state index is 0.317. The molecule has 0 bridgehead atoms. The summed E-state index contributed by atoms with van der Waals surface area (Å²) in [6.45, 7) is 13.3. The molecule has 2 atom stereocenters. The summed E-state index contributed by atoms with van der Waals surface area (Å²) in [7, 11) is 0. The van der Waals surface area contributed by atoms with Crippen molar-refractivity contribution in [3.63, 3.8) is 0 Å². The van der Waals surface area contributed by atoms with Gasteiger partial charge in [-0.1, -0.05) is 6.92 Å². The molecule has 4 heteroatoms. The maximum atomic E-state index is 4.60. The van der Waals surface area contributed by atoms with Crippen molar-refractivity contribution in [2.24, 2.45) is 5.92 Å². The number of hydrogen-bond acceptors (Lipinski definition) is 3. The van der Waals surface area contributed by atoms with Crippen LogP contribution in [0.15, 0.2) is 6.07 Å². The zero-order chi connectivity index (χ0) is 15.0. The largest absolute Gasteiger partial charge is 0.308 e. The third kappa shape index (κ3) is 3.02. The second-order valence-corrected chi connectivity index (χ2v) is 7.13. The van der Waals surface area contributed by atoms with Crippen molar-refractivity contribution in [3.8, 4) is 0 Å². The van der Waals surface area contributed by atoms with Crippen LogP contribution < -0.4 is 5.32 Å². The summed E-state index contributed by atoms with van der Waals surface area (Å²) in [4.78, 5) is 2.69. The van der Waals surface area contributed by atoms with E-state index >= 15 is 0 Å². The molecule has 1 N–H and O–H groups in total. The summed E-state index contributed by atoms with van der Waals surface area (Å²) in [5, 5.41) is 8.45. The van der Waals surface area contributed by atoms with Crippen molar-refractivity contribution < 1.29 is 0 Å². The van der Waals surface area contributed by atoms with Gasteiger partial charge in [-0.2, -0.15) is 5.10 Å². The van der Waals surface area contributed by atoms with Crippen LogP contribution in [0.3, 0.4) is 0 Å². The Morgan fingerprint density at radius 2 is 2.14 bits per heavy atom. The topological polar surface area (TPSA) is 33.1 Å². The van der Waals surface area contributed by atoms with E-state index in [2.05, 4.69) is 53.8 Å². The van der Waals surface area contributed by atoms with Crippen LogP contribution in [0.25, 0.3) is 0 Å². The molecule has 2 aliphatic rings. The first-order valence-electron chi connectivity index (χ1n) is 8.58. The second-order valence-electron chi connectivity index (χ2n) is 7.13. The standard InChI is InChI=1S/C17H30N4/c1-5-15-10-18-17(4,14-7-8-14)12-20(15)11-16-9-13(3)19-21(16)6-2/h9,14-15,18H,5-8,10-12H2,1-4H3. The van der Waals surface area contributed by atoms with E-state index in [9.17, 15) is 0 Å². The first kappa shape index (κ1) is 15.0. The Morgan fingerprint density at radius 1 is 1.38 bits per heavy atom. The molecule has 2 heterocycles. The van der Waals surface area contributed by atoms with Crippen LogP contribution in [-0.2, 0) is 13.1 Å². The summed E-state index contributed by atoms with van der Waals surface area (Å²) in [6, 6.07) is 2.91. The molecule has 0 aromatic carbocycles. The van der Waals surface area contributed by atoms with Gasteiger partial charge in [0, 0.05) is 37.8 Å². The maximum Gasteiger partial charge on any atom is 0.0597 e. The molecule has 1 saturated heterocycles. The smallest absolute Gasteiger partial charge is 0.0597 e. The molecule has 1 aromatic heterocycles. The second kappa shape index (κ2) is 5.73. The van der Waals surface area contributed by atoms with Crippen molar-refractivity contribution in [1.82, 2.24) is 20.0 Å². The Labute approximate surface area is 128 Å². The van der Waals surface area contributed by atoms with E-state index in [1.54, 1.807) is 0 Å². The van der Waals surface area contributed by atoms with Crippen LogP contribution in [0.2, 0.25) is 0 Å². The van der Waals surface area contributed by atoms with E-state index in [0.717, 1.165) is 31.2 Å². The molecule has 0 radical (unpaired) electrons. The third-order valence-electron chi connectivity index (χ3n) is 5.39. The van der Waals surface area contributed by atoms with Gasteiger partial charge >= 0.3 is 0 Å². The lowest BCUT2D eigenvalue weighted by atomic mass is 9.90. The predicted octanol–water partition coefficient (Wildman–Crippen LogP) is 2.56. The average molecular weight is 290 g/mol. The number of hydrogen-bond donors (Lipinski definition) is 1. The summed E-state index contributed by atoms with van der Waals surface area (Å²) in [5.74, 6) is 0.885. The summed E-state index contributed by atoms with van der Waals surface area (Å²) in [6.07, 6.45) is 4.02. The van der Waals surface area contributed by atoms with Gasteiger partial charge in [-0.3, -0.25) is 9.58 Å². The van der Waals surface area contributed by atoms with Gasteiger partial charge in [0.1, 0.15) is 0 Å². The number of aromatic nitrogens is 2. The fourth-order valence-corrected chi connectivity index (χ4v) is 3.88. The van der Waals surface area contributed by atoms with Gasteiger partial charge in [0.05, 0.1) is 11.4 Å². The number of nitrogens with one attached hydrogen (secondary N) is 1. The molecule has 2 unspecified atom stereocenters. The van der Waals surface area contributed by atoms with Crippen LogP contribution >= 0.6 is 0 Å². The average Bonchev–Trinajstić information content (AvgIpc) is 3.25. The Bertz CT molecular complexity index is 491. The molecule has 0 amide bonds. The number of nitrogens with zero attached hydrogens (tertiary/aromatic N) is 3. The van der Waals surface area contributed by atoms with Gasteiger partial charge in [-0.05, 0) is 52.0 Å². The Balaban J connectivity index is 1.76. The van der Waals surface area contributed by atoms with Crippen LogP contribution in [0.5, 0.6) is 0 Å². The van der Waals surface area contributed by atoms with Gasteiger partial charge in [0.15, 0.2) is 0 Å². The van der Waals surface area contributed by atoms with Crippen molar-refractivity contribution in [2.75, 3.05) is 13.1 Å². The quantitative estimate of drug-likeness (QED) is 0.905. The normalized spacial score (nSPS) is 30.8. The number of aryl methyl sites for hydroxylation is 2. The lowest BCUT2D eigenvalue weighted by Gasteiger charge is -2.46. The van der Waals surface area contributed by atoms with Crippen molar-refractivity contribution in [2.45, 2.75) is 71.6 Å². The van der Waals surface area contributed by atoms with E-state index < -0.39 is 0 Å². The fraction of sp³-hybridized carbons (Fsp3) is 0.824. The molecule has 1 aliphatic heterocycles. The van der Waals surface area contributed by atoms with E-state index in [-0.39, 0.29) is 0 Å². The van der Waals surface area contributed by atoms with Gasteiger partial charge in [0.25, 0.3) is 0 Å². The van der Waals surface area contributed by atoms with Gasteiger partial charge in [-0.25, -0.2) is 0 Å². The molecule has 21 heavy (non-hydrogen) atoms. The SMILES string of the molecule is CCC1CNC(C)(C2CC2)CN1Cc1cc(C)nn1CC. The monoisotopic (exact) mass is 290 g/mol. The fourth-order valence-electron chi connectivity index (χ4n) is 3.88. The van der Waals surface area contributed by atoms with Crippen molar-refractivity contribution in [3.05, 3.63) is 17.5 Å². The molecule has 2 fully saturated rings. The summed E-state index contributed by atoms with van der Waals surface area (Å²) < 4.78 is 2.17. The number of piperazine rings is 1. The molecule has 0 spiro atoms. The highest BCUT2D eigenvalue weighted by Crippen LogP contribution is 2.41. The Morgan fingerprint density at radius 3 is 2.76 bits per heavy atom. The molecular weight excluding hydrogens is 260 g/mol. The van der Waals surface area contributed by atoms with Crippen molar-refractivity contribution >= 4 is 0 Å². The van der Waals surface area contributed by atoms with Crippen LogP contribution in [0.1, 0.15) is 51.4 Å². The minimum atomic E-state index is 0.317. The molecular formula is C17H30N4. The maximum absolute atomic E-state index is 4.60. The van der Waals surface area contributed by atoms with Crippen LogP contribution in [-0.4, -0.2) is 39.4 Å². The van der Waals surface area contributed by atoms with Crippen LogP contribution in [0.4, 0.5) is 0 Å². The van der Waals surface area contributed by atoms with Gasteiger partial charge in [0.2, 0.25) is 0 Å². The summed E-state index contributed by atoms with van der Waals surface area (Å²) in [5.41, 5.74) is 2.83. The zero-order valence-electron chi connectivity index (χ0n) is 14.0. The highest BCUT2D eigenvalue weighted by molar-refractivity contribution is 5.11.